The maximum Gasteiger partial charge on any atom is 0.217 e. The van der Waals surface area contributed by atoms with Crippen LogP contribution in [0.2, 0.25) is 5.02 Å². The molecule has 1 aliphatic rings. The molecule has 0 spiro atoms. The summed E-state index contributed by atoms with van der Waals surface area (Å²) in [5, 5.41) is 0.606. The molecule has 1 aromatic rings. The molecule has 116 valence electrons. The Hall–Kier alpha value is -1.26. The van der Waals surface area contributed by atoms with Gasteiger partial charge in [0.2, 0.25) is 5.91 Å². The van der Waals surface area contributed by atoms with Crippen molar-refractivity contribution in [3.63, 3.8) is 0 Å². The largest absolute Gasteiger partial charge is 0.497 e. The lowest BCUT2D eigenvalue weighted by Gasteiger charge is -2.31. The van der Waals surface area contributed by atoms with Gasteiger partial charge in [0.05, 0.1) is 7.11 Å². The van der Waals surface area contributed by atoms with Gasteiger partial charge in [0.1, 0.15) is 5.75 Å². The highest BCUT2D eigenvalue weighted by molar-refractivity contribution is 6.31. The number of carbonyl (C=O) groups excluding carboxylic acids is 1. The lowest BCUT2D eigenvalue weighted by Crippen LogP contribution is -2.29. The summed E-state index contributed by atoms with van der Waals surface area (Å²) in [6.07, 6.45) is 5.44. The zero-order valence-electron chi connectivity index (χ0n) is 12.4. The molecule has 1 saturated carbocycles. The fraction of sp³-hybridized carbons (Fsp3) is 0.562. The molecule has 0 radical (unpaired) electrons. The highest BCUT2D eigenvalue weighted by Gasteiger charge is 2.37. The first kappa shape index (κ1) is 16.1. The van der Waals surface area contributed by atoms with Gasteiger partial charge in [-0.2, -0.15) is 0 Å². The molecule has 0 heterocycles. The van der Waals surface area contributed by atoms with E-state index in [1.807, 2.05) is 12.1 Å². The van der Waals surface area contributed by atoms with E-state index in [9.17, 15) is 4.79 Å². The summed E-state index contributed by atoms with van der Waals surface area (Å²) in [4.78, 5) is 11.4. The van der Waals surface area contributed by atoms with Gasteiger partial charge in [-0.3, -0.25) is 4.79 Å². The number of amides is 1. The summed E-state index contributed by atoms with van der Waals surface area (Å²) < 4.78 is 5.15. The number of hydrogen-bond acceptors (Lipinski definition) is 3. The average Bonchev–Trinajstić information content (AvgIpc) is 2.85. The molecule has 1 aromatic carbocycles. The van der Waals surface area contributed by atoms with Gasteiger partial charge in [-0.15, -0.1) is 0 Å². The van der Waals surface area contributed by atoms with Crippen LogP contribution in [0.4, 0.5) is 0 Å². The van der Waals surface area contributed by atoms with Crippen LogP contribution in [0.3, 0.4) is 0 Å². The van der Waals surface area contributed by atoms with Crippen LogP contribution in [0.25, 0.3) is 0 Å². The molecule has 1 atom stereocenters. The summed E-state index contributed by atoms with van der Waals surface area (Å²) >= 11 is 6.29. The minimum Gasteiger partial charge on any atom is -0.497 e. The second-order valence-corrected chi connectivity index (χ2v) is 6.46. The molecule has 1 amide bonds. The van der Waals surface area contributed by atoms with E-state index in [1.54, 1.807) is 13.2 Å². The lowest BCUT2D eigenvalue weighted by molar-refractivity contribution is -0.120. The van der Waals surface area contributed by atoms with Crippen molar-refractivity contribution >= 4 is 17.5 Å². The van der Waals surface area contributed by atoms with E-state index in [-0.39, 0.29) is 17.4 Å². The lowest BCUT2D eigenvalue weighted by atomic mass is 9.76. The van der Waals surface area contributed by atoms with Gasteiger partial charge in [0, 0.05) is 17.5 Å². The number of methoxy groups -OCH3 is 1. The maximum atomic E-state index is 11.4. The van der Waals surface area contributed by atoms with E-state index in [0.29, 0.717) is 17.2 Å². The molecule has 1 fully saturated rings. The predicted molar refractivity (Wildman–Crippen MR) is 84.3 cm³/mol. The maximum absolute atomic E-state index is 11.4. The van der Waals surface area contributed by atoms with Crippen LogP contribution in [-0.4, -0.2) is 13.0 Å². The van der Waals surface area contributed by atoms with Crippen molar-refractivity contribution < 1.29 is 9.53 Å². The first-order valence-corrected chi connectivity index (χ1v) is 7.71. The Morgan fingerprint density at radius 1 is 1.43 bits per heavy atom. The molecule has 0 bridgehead atoms. The van der Waals surface area contributed by atoms with E-state index < -0.39 is 0 Å². The fourth-order valence-corrected chi connectivity index (χ4v) is 3.77. The number of nitrogens with two attached hydrogens (primary N) is 2. The molecule has 4 nitrogen and oxygen atoms in total. The zero-order chi connectivity index (χ0) is 15.5. The van der Waals surface area contributed by atoms with E-state index in [4.69, 9.17) is 27.8 Å². The smallest absolute Gasteiger partial charge is 0.217 e. The SMILES string of the molecule is COc1ccc(C(N)CC2(CC(N)=O)CCCC2)c(Cl)c1. The molecule has 21 heavy (non-hydrogen) atoms. The van der Waals surface area contributed by atoms with Gasteiger partial charge in [0.25, 0.3) is 0 Å². The molecule has 0 saturated heterocycles. The topological polar surface area (TPSA) is 78.3 Å². The van der Waals surface area contributed by atoms with Crippen LogP contribution in [0.5, 0.6) is 5.75 Å². The fourth-order valence-electron chi connectivity index (χ4n) is 3.46. The normalized spacial score (nSPS) is 18.4. The van der Waals surface area contributed by atoms with E-state index >= 15 is 0 Å². The molecular formula is C16H23ClN2O2. The average molecular weight is 311 g/mol. The molecule has 1 aliphatic carbocycles. The molecule has 2 rings (SSSR count). The van der Waals surface area contributed by atoms with Gasteiger partial charge < -0.3 is 16.2 Å². The van der Waals surface area contributed by atoms with Crippen LogP contribution in [0.1, 0.15) is 50.1 Å². The Morgan fingerprint density at radius 2 is 2.10 bits per heavy atom. The van der Waals surface area contributed by atoms with Gasteiger partial charge in [-0.1, -0.05) is 30.5 Å². The summed E-state index contributed by atoms with van der Waals surface area (Å²) in [6.45, 7) is 0. The van der Waals surface area contributed by atoms with Crippen molar-refractivity contribution in [2.75, 3.05) is 7.11 Å². The molecule has 5 heteroatoms. The van der Waals surface area contributed by atoms with Gasteiger partial charge in [-0.25, -0.2) is 0 Å². The Bertz CT molecular complexity index is 513. The van der Waals surface area contributed by atoms with Gasteiger partial charge in [-0.05, 0) is 42.4 Å². The van der Waals surface area contributed by atoms with Crippen LogP contribution < -0.4 is 16.2 Å². The van der Waals surface area contributed by atoms with Crippen LogP contribution in [0.15, 0.2) is 18.2 Å². The number of rotatable bonds is 6. The van der Waals surface area contributed by atoms with E-state index in [1.165, 1.54) is 0 Å². The zero-order valence-corrected chi connectivity index (χ0v) is 13.2. The highest BCUT2D eigenvalue weighted by Crippen LogP contribution is 2.47. The van der Waals surface area contributed by atoms with Crippen LogP contribution >= 0.6 is 11.6 Å². The van der Waals surface area contributed by atoms with Crippen LogP contribution in [-0.2, 0) is 4.79 Å². The quantitative estimate of drug-likeness (QED) is 0.847. The van der Waals surface area contributed by atoms with Gasteiger partial charge in [0.15, 0.2) is 0 Å². The molecule has 0 aromatic heterocycles. The summed E-state index contributed by atoms with van der Waals surface area (Å²) in [7, 11) is 1.60. The standard InChI is InChI=1S/C16H23ClN2O2/c1-21-11-4-5-12(13(17)8-11)14(18)9-16(10-15(19)20)6-2-3-7-16/h4-5,8,14H,2-3,6-7,9-10,18H2,1H3,(H2,19,20). The van der Waals surface area contributed by atoms with Crippen molar-refractivity contribution in [3.8, 4) is 5.75 Å². The first-order chi connectivity index (χ1) is 9.96. The third kappa shape index (κ3) is 3.89. The number of halogens is 1. The number of hydrogen-bond donors (Lipinski definition) is 2. The minimum atomic E-state index is -0.245. The molecule has 1 unspecified atom stereocenters. The first-order valence-electron chi connectivity index (χ1n) is 7.33. The monoisotopic (exact) mass is 310 g/mol. The van der Waals surface area contributed by atoms with Gasteiger partial charge >= 0.3 is 0 Å². The summed E-state index contributed by atoms with van der Waals surface area (Å²) in [5.74, 6) is 0.466. The Balaban J connectivity index is 2.15. The Kier molecular flexibility index (Phi) is 5.12. The predicted octanol–water partition coefficient (Wildman–Crippen LogP) is 3.17. The van der Waals surface area contributed by atoms with Crippen molar-refractivity contribution in [1.29, 1.82) is 0 Å². The number of primary amides is 1. The van der Waals surface area contributed by atoms with Crippen molar-refractivity contribution in [3.05, 3.63) is 28.8 Å². The number of ether oxygens (including phenoxy) is 1. The molecule has 4 N–H and O–H groups in total. The van der Waals surface area contributed by atoms with Crippen molar-refractivity contribution in [1.82, 2.24) is 0 Å². The second kappa shape index (κ2) is 6.67. The van der Waals surface area contributed by atoms with Crippen molar-refractivity contribution in [2.45, 2.75) is 44.6 Å². The summed E-state index contributed by atoms with van der Waals surface area (Å²) in [6, 6.07) is 5.34. The Morgan fingerprint density at radius 3 is 2.62 bits per heavy atom. The highest BCUT2D eigenvalue weighted by atomic mass is 35.5. The molecule has 0 aliphatic heterocycles. The number of benzene rings is 1. The third-order valence-corrected chi connectivity index (χ3v) is 4.80. The minimum absolute atomic E-state index is 0.0610. The summed E-state index contributed by atoms with van der Waals surface area (Å²) in [5.41, 5.74) is 12.6. The van der Waals surface area contributed by atoms with Crippen molar-refractivity contribution in [2.24, 2.45) is 16.9 Å². The van der Waals surface area contributed by atoms with E-state index in [0.717, 1.165) is 37.7 Å². The third-order valence-electron chi connectivity index (χ3n) is 4.47. The number of carbonyl (C=O) groups is 1. The Labute approximate surface area is 130 Å². The van der Waals surface area contributed by atoms with Crippen LogP contribution in [0, 0.1) is 5.41 Å². The second-order valence-electron chi connectivity index (χ2n) is 6.05. The molecular weight excluding hydrogens is 288 g/mol. The van der Waals surface area contributed by atoms with E-state index in [2.05, 4.69) is 0 Å².